The van der Waals surface area contributed by atoms with Gasteiger partial charge in [-0.15, -0.1) is 0 Å². The van der Waals surface area contributed by atoms with Gasteiger partial charge in [-0.2, -0.15) is 0 Å². The van der Waals surface area contributed by atoms with Crippen molar-refractivity contribution < 1.29 is 9.53 Å². The van der Waals surface area contributed by atoms with E-state index < -0.39 is 0 Å². The van der Waals surface area contributed by atoms with Crippen LogP contribution in [0.15, 0.2) is 24.3 Å². The average Bonchev–Trinajstić information content (AvgIpc) is 2.64. The third kappa shape index (κ3) is 2.26. The molecule has 0 saturated carbocycles. The minimum atomic E-state index is -0.129. The Kier molecular flexibility index (Phi) is 3.99. The normalized spacial score (nSPS) is 23.7. The lowest BCUT2D eigenvalue weighted by molar-refractivity contribution is -0.128. The SMILES string of the molecule is CCN1C(=O)CC(N)C1c1ccccc1COC. The molecule has 4 heteroatoms. The number of benzene rings is 1. The highest BCUT2D eigenvalue weighted by atomic mass is 16.5. The Bertz CT molecular complexity index is 434. The quantitative estimate of drug-likeness (QED) is 0.877. The van der Waals surface area contributed by atoms with Crippen molar-refractivity contribution in [2.75, 3.05) is 13.7 Å². The number of nitrogens with two attached hydrogens (primary N) is 1. The Morgan fingerprint density at radius 2 is 2.17 bits per heavy atom. The van der Waals surface area contributed by atoms with E-state index in [0.717, 1.165) is 11.1 Å². The lowest BCUT2D eigenvalue weighted by atomic mass is 9.96. The average molecular weight is 248 g/mol. The summed E-state index contributed by atoms with van der Waals surface area (Å²) in [4.78, 5) is 13.7. The minimum absolute atomic E-state index is 0.0196. The maximum absolute atomic E-state index is 11.9. The Balaban J connectivity index is 2.37. The van der Waals surface area contributed by atoms with Crippen LogP contribution in [0.4, 0.5) is 0 Å². The summed E-state index contributed by atoms with van der Waals surface area (Å²) in [5.41, 5.74) is 8.35. The highest BCUT2D eigenvalue weighted by molar-refractivity contribution is 5.80. The van der Waals surface area contributed by atoms with Gasteiger partial charge in [-0.25, -0.2) is 0 Å². The van der Waals surface area contributed by atoms with Crippen molar-refractivity contribution in [2.24, 2.45) is 5.73 Å². The fourth-order valence-corrected chi connectivity index (χ4v) is 2.70. The van der Waals surface area contributed by atoms with Gasteiger partial charge in [0.2, 0.25) is 5.91 Å². The lowest BCUT2D eigenvalue weighted by Crippen LogP contribution is -2.33. The molecule has 0 aromatic heterocycles. The number of likely N-dealkylation sites (N-methyl/N-ethyl adjacent to an activating group) is 1. The first kappa shape index (κ1) is 13.1. The van der Waals surface area contributed by atoms with Crippen LogP contribution < -0.4 is 5.73 Å². The summed E-state index contributed by atoms with van der Waals surface area (Å²) in [6.07, 6.45) is 0.430. The second-order valence-electron chi connectivity index (χ2n) is 4.62. The lowest BCUT2D eigenvalue weighted by Gasteiger charge is -2.27. The predicted molar refractivity (Wildman–Crippen MR) is 69.9 cm³/mol. The minimum Gasteiger partial charge on any atom is -0.380 e. The molecule has 18 heavy (non-hydrogen) atoms. The molecule has 1 aliphatic rings. The number of likely N-dealkylation sites (tertiary alicyclic amines) is 1. The first-order valence-corrected chi connectivity index (χ1v) is 6.30. The summed E-state index contributed by atoms with van der Waals surface area (Å²) in [5.74, 6) is 0.141. The van der Waals surface area contributed by atoms with Crippen LogP contribution in [0.2, 0.25) is 0 Å². The van der Waals surface area contributed by atoms with Crippen LogP contribution >= 0.6 is 0 Å². The molecule has 0 radical (unpaired) electrons. The Morgan fingerprint density at radius 1 is 1.44 bits per heavy atom. The molecule has 2 atom stereocenters. The Labute approximate surface area is 108 Å². The molecule has 1 heterocycles. The van der Waals surface area contributed by atoms with Gasteiger partial charge in [-0.1, -0.05) is 24.3 Å². The van der Waals surface area contributed by atoms with Gasteiger partial charge in [-0.05, 0) is 18.1 Å². The number of amides is 1. The summed E-state index contributed by atoms with van der Waals surface area (Å²) in [5, 5.41) is 0. The topological polar surface area (TPSA) is 55.6 Å². The van der Waals surface area contributed by atoms with Crippen molar-refractivity contribution in [3.8, 4) is 0 Å². The van der Waals surface area contributed by atoms with E-state index in [1.165, 1.54) is 0 Å². The zero-order valence-electron chi connectivity index (χ0n) is 10.9. The molecule has 1 saturated heterocycles. The molecular weight excluding hydrogens is 228 g/mol. The van der Waals surface area contributed by atoms with E-state index in [4.69, 9.17) is 10.5 Å². The summed E-state index contributed by atoms with van der Waals surface area (Å²) >= 11 is 0. The maximum atomic E-state index is 11.9. The Hall–Kier alpha value is -1.39. The highest BCUT2D eigenvalue weighted by Crippen LogP contribution is 2.33. The van der Waals surface area contributed by atoms with E-state index in [-0.39, 0.29) is 18.0 Å². The largest absolute Gasteiger partial charge is 0.380 e. The van der Waals surface area contributed by atoms with Gasteiger partial charge in [0.1, 0.15) is 0 Å². The smallest absolute Gasteiger partial charge is 0.224 e. The van der Waals surface area contributed by atoms with Crippen molar-refractivity contribution in [1.29, 1.82) is 0 Å². The molecule has 1 fully saturated rings. The van der Waals surface area contributed by atoms with E-state index in [2.05, 4.69) is 0 Å². The fourth-order valence-electron chi connectivity index (χ4n) is 2.70. The molecule has 0 aliphatic carbocycles. The van der Waals surface area contributed by atoms with Crippen LogP contribution in [0.3, 0.4) is 0 Å². The molecule has 1 aromatic rings. The zero-order chi connectivity index (χ0) is 13.1. The van der Waals surface area contributed by atoms with Gasteiger partial charge in [0.05, 0.1) is 12.6 Å². The van der Waals surface area contributed by atoms with Gasteiger partial charge in [0.25, 0.3) is 0 Å². The van der Waals surface area contributed by atoms with Crippen molar-refractivity contribution in [1.82, 2.24) is 4.90 Å². The van der Waals surface area contributed by atoms with Crippen molar-refractivity contribution >= 4 is 5.91 Å². The van der Waals surface area contributed by atoms with E-state index in [9.17, 15) is 4.79 Å². The molecule has 1 aliphatic heterocycles. The van der Waals surface area contributed by atoms with Gasteiger partial charge in [-0.3, -0.25) is 4.79 Å². The van der Waals surface area contributed by atoms with E-state index in [1.807, 2.05) is 36.1 Å². The molecule has 0 spiro atoms. The van der Waals surface area contributed by atoms with E-state index in [0.29, 0.717) is 19.6 Å². The molecular formula is C14H20N2O2. The first-order chi connectivity index (χ1) is 8.69. The number of hydrogen-bond acceptors (Lipinski definition) is 3. The van der Waals surface area contributed by atoms with Crippen molar-refractivity contribution in [3.05, 3.63) is 35.4 Å². The van der Waals surface area contributed by atoms with E-state index in [1.54, 1.807) is 7.11 Å². The summed E-state index contributed by atoms with van der Waals surface area (Å²) in [6, 6.07) is 7.89. The van der Waals surface area contributed by atoms with Crippen LogP contribution in [-0.4, -0.2) is 30.5 Å². The standard InChI is InChI=1S/C14H20N2O2/c1-3-16-13(17)8-12(15)14(16)11-7-5-4-6-10(11)9-18-2/h4-7,12,14H,3,8-9,15H2,1-2H3. The molecule has 2 rings (SSSR count). The number of methoxy groups -OCH3 is 1. The molecule has 0 bridgehead atoms. The van der Waals surface area contributed by atoms with E-state index >= 15 is 0 Å². The van der Waals surface area contributed by atoms with Gasteiger partial charge in [0.15, 0.2) is 0 Å². The fraction of sp³-hybridized carbons (Fsp3) is 0.500. The van der Waals surface area contributed by atoms with Crippen LogP contribution in [-0.2, 0) is 16.1 Å². The van der Waals surface area contributed by atoms with Gasteiger partial charge in [0, 0.05) is 26.1 Å². The highest BCUT2D eigenvalue weighted by Gasteiger charge is 2.38. The number of carbonyl (C=O) groups excluding carboxylic acids is 1. The number of ether oxygens (including phenoxy) is 1. The predicted octanol–water partition coefficient (Wildman–Crippen LogP) is 1.45. The van der Waals surface area contributed by atoms with Crippen LogP contribution in [0.25, 0.3) is 0 Å². The zero-order valence-corrected chi connectivity index (χ0v) is 10.9. The molecule has 4 nitrogen and oxygen atoms in total. The number of nitrogens with zero attached hydrogens (tertiary/aromatic N) is 1. The maximum Gasteiger partial charge on any atom is 0.224 e. The number of hydrogen-bond donors (Lipinski definition) is 1. The molecule has 2 unspecified atom stereocenters. The van der Waals surface area contributed by atoms with Gasteiger partial charge >= 0.3 is 0 Å². The summed E-state index contributed by atoms with van der Waals surface area (Å²) in [6.45, 7) is 3.23. The second kappa shape index (κ2) is 5.50. The monoisotopic (exact) mass is 248 g/mol. The summed E-state index contributed by atoms with van der Waals surface area (Å²) in [7, 11) is 1.67. The Morgan fingerprint density at radius 3 is 2.83 bits per heavy atom. The molecule has 1 aromatic carbocycles. The second-order valence-corrected chi connectivity index (χ2v) is 4.62. The third-order valence-electron chi connectivity index (χ3n) is 3.49. The van der Waals surface area contributed by atoms with Crippen LogP contribution in [0, 0.1) is 0 Å². The van der Waals surface area contributed by atoms with Crippen molar-refractivity contribution in [3.63, 3.8) is 0 Å². The van der Waals surface area contributed by atoms with Crippen LogP contribution in [0.5, 0.6) is 0 Å². The third-order valence-corrected chi connectivity index (χ3v) is 3.49. The van der Waals surface area contributed by atoms with Crippen molar-refractivity contribution in [2.45, 2.75) is 32.0 Å². The summed E-state index contributed by atoms with van der Waals surface area (Å²) < 4.78 is 5.21. The molecule has 2 N–H and O–H groups in total. The number of carbonyl (C=O) groups is 1. The van der Waals surface area contributed by atoms with Gasteiger partial charge < -0.3 is 15.4 Å². The molecule has 1 amide bonds. The van der Waals surface area contributed by atoms with Crippen LogP contribution in [0.1, 0.15) is 30.5 Å². The number of rotatable bonds is 4. The molecule has 98 valence electrons. The first-order valence-electron chi connectivity index (χ1n) is 6.30.